The van der Waals surface area contributed by atoms with Gasteiger partial charge in [0.25, 0.3) is 0 Å². The van der Waals surface area contributed by atoms with Crippen LogP contribution in [0, 0.1) is 0 Å². The van der Waals surface area contributed by atoms with Crippen molar-refractivity contribution in [2.75, 3.05) is 5.32 Å². The van der Waals surface area contributed by atoms with Gasteiger partial charge in [-0.25, -0.2) is 4.79 Å². The average molecular weight is 329 g/mol. The number of carbonyl (C=O) groups excluding carboxylic acids is 1. The van der Waals surface area contributed by atoms with Gasteiger partial charge in [0.1, 0.15) is 0 Å². The molecule has 0 aliphatic heterocycles. The van der Waals surface area contributed by atoms with E-state index in [1.807, 2.05) is 0 Å². The molecular weight excluding hydrogens is 310 g/mol. The lowest BCUT2D eigenvalue weighted by atomic mass is 10.1. The fraction of sp³-hybridized carbons (Fsp3) is 0.412. The number of aryl methyl sites for hydroxylation is 1. The van der Waals surface area contributed by atoms with Crippen LogP contribution in [0.4, 0.5) is 5.69 Å². The Morgan fingerprint density at radius 1 is 1.29 bits per heavy atom. The summed E-state index contributed by atoms with van der Waals surface area (Å²) in [4.78, 5) is 27.3. The molecule has 0 bridgehead atoms. The predicted molar refractivity (Wildman–Crippen MR) is 85.9 cm³/mol. The maximum Gasteiger partial charge on any atom is 0.335 e. The maximum atomic E-state index is 12.0. The van der Waals surface area contributed by atoms with Gasteiger partial charge in [-0.1, -0.05) is 24.1 Å². The maximum absolute atomic E-state index is 12.0. The summed E-state index contributed by atoms with van der Waals surface area (Å²) < 4.78 is 5.21. The number of aromatic carboxylic acids is 1. The van der Waals surface area contributed by atoms with Gasteiger partial charge in [-0.3, -0.25) is 4.79 Å². The van der Waals surface area contributed by atoms with Gasteiger partial charge in [-0.05, 0) is 31.0 Å². The number of carboxylic acids is 1. The third kappa shape index (κ3) is 3.98. The van der Waals surface area contributed by atoms with Crippen molar-refractivity contribution in [3.8, 4) is 0 Å². The van der Waals surface area contributed by atoms with Crippen LogP contribution in [0.15, 0.2) is 28.8 Å². The number of hydrogen-bond acceptors (Lipinski definition) is 5. The first-order chi connectivity index (χ1) is 11.6. The number of anilines is 1. The average Bonchev–Trinajstić information content (AvgIpc) is 3.24. The normalized spacial score (nSPS) is 14.7. The van der Waals surface area contributed by atoms with E-state index in [4.69, 9.17) is 9.63 Å². The molecule has 24 heavy (non-hydrogen) atoms. The van der Waals surface area contributed by atoms with Gasteiger partial charge in [0, 0.05) is 24.4 Å². The zero-order valence-electron chi connectivity index (χ0n) is 13.2. The Morgan fingerprint density at radius 2 is 2.08 bits per heavy atom. The molecule has 7 nitrogen and oxygen atoms in total. The van der Waals surface area contributed by atoms with E-state index in [0.717, 1.165) is 18.7 Å². The zero-order chi connectivity index (χ0) is 16.9. The Bertz CT molecular complexity index is 735. The van der Waals surface area contributed by atoms with Crippen LogP contribution >= 0.6 is 0 Å². The van der Waals surface area contributed by atoms with Crippen molar-refractivity contribution in [1.29, 1.82) is 0 Å². The number of carbonyl (C=O) groups is 2. The van der Waals surface area contributed by atoms with Gasteiger partial charge < -0.3 is 14.9 Å². The molecule has 126 valence electrons. The highest BCUT2D eigenvalue weighted by Gasteiger charge is 2.22. The van der Waals surface area contributed by atoms with E-state index in [2.05, 4.69) is 15.5 Å². The quantitative estimate of drug-likeness (QED) is 0.844. The van der Waals surface area contributed by atoms with Crippen LogP contribution in [-0.4, -0.2) is 27.1 Å². The van der Waals surface area contributed by atoms with Crippen molar-refractivity contribution in [2.24, 2.45) is 0 Å². The van der Waals surface area contributed by atoms with E-state index in [1.54, 1.807) is 12.1 Å². The highest BCUT2D eigenvalue weighted by molar-refractivity contribution is 5.93. The summed E-state index contributed by atoms with van der Waals surface area (Å²) in [5.74, 6) is 0.341. The Kier molecular flexibility index (Phi) is 4.88. The molecule has 1 amide bonds. The van der Waals surface area contributed by atoms with E-state index in [1.165, 1.54) is 25.0 Å². The minimum absolute atomic E-state index is 0.130. The number of nitrogens with zero attached hydrogens (tertiary/aromatic N) is 2. The first kappa shape index (κ1) is 16.2. The first-order valence-corrected chi connectivity index (χ1v) is 8.07. The second kappa shape index (κ2) is 7.25. The van der Waals surface area contributed by atoms with Crippen molar-refractivity contribution < 1.29 is 19.2 Å². The van der Waals surface area contributed by atoms with Crippen LogP contribution in [0.5, 0.6) is 0 Å². The largest absolute Gasteiger partial charge is 0.478 e. The first-order valence-electron chi connectivity index (χ1n) is 8.07. The van der Waals surface area contributed by atoms with Crippen molar-refractivity contribution >= 4 is 17.6 Å². The van der Waals surface area contributed by atoms with Crippen LogP contribution < -0.4 is 5.32 Å². The van der Waals surface area contributed by atoms with Gasteiger partial charge in [0.15, 0.2) is 5.82 Å². The summed E-state index contributed by atoms with van der Waals surface area (Å²) >= 11 is 0. The molecule has 0 saturated heterocycles. The van der Waals surface area contributed by atoms with Crippen LogP contribution in [-0.2, 0) is 11.2 Å². The summed E-state index contributed by atoms with van der Waals surface area (Å²) in [6, 6.07) is 6.13. The van der Waals surface area contributed by atoms with Gasteiger partial charge in [-0.2, -0.15) is 4.98 Å². The van der Waals surface area contributed by atoms with Crippen molar-refractivity contribution in [3.05, 3.63) is 41.5 Å². The summed E-state index contributed by atoms with van der Waals surface area (Å²) in [7, 11) is 0. The Labute approximate surface area is 139 Å². The summed E-state index contributed by atoms with van der Waals surface area (Å²) in [5, 5.41) is 15.6. The third-order valence-corrected chi connectivity index (χ3v) is 4.16. The number of benzene rings is 1. The van der Waals surface area contributed by atoms with Crippen LogP contribution in [0.25, 0.3) is 0 Å². The smallest absolute Gasteiger partial charge is 0.335 e. The minimum atomic E-state index is -1.03. The molecule has 1 aromatic heterocycles. The number of amides is 1. The molecule has 1 aromatic carbocycles. The molecule has 7 heteroatoms. The molecule has 1 heterocycles. The van der Waals surface area contributed by atoms with E-state index in [-0.39, 0.29) is 17.9 Å². The van der Waals surface area contributed by atoms with Crippen molar-refractivity contribution in [2.45, 2.75) is 44.4 Å². The second-order valence-corrected chi connectivity index (χ2v) is 5.96. The Morgan fingerprint density at radius 3 is 2.83 bits per heavy atom. The minimum Gasteiger partial charge on any atom is -0.478 e. The highest BCUT2D eigenvalue weighted by Crippen LogP contribution is 2.32. The molecule has 0 radical (unpaired) electrons. The molecule has 1 aliphatic carbocycles. The van der Waals surface area contributed by atoms with Gasteiger partial charge in [0.05, 0.1) is 5.56 Å². The third-order valence-electron chi connectivity index (χ3n) is 4.16. The Balaban J connectivity index is 1.52. The SMILES string of the molecule is O=C(CCc1nc(C2CCCC2)no1)Nc1cccc(C(=O)O)c1. The molecule has 0 unspecified atom stereocenters. The second-order valence-electron chi connectivity index (χ2n) is 5.96. The van der Waals surface area contributed by atoms with E-state index < -0.39 is 5.97 Å². The van der Waals surface area contributed by atoms with Crippen LogP contribution in [0.2, 0.25) is 0 Å². The van der Waals surface area contributed by atoms with Gasteiger partial charge >= 0.3 is 5.97 Å². The molecule has 3 rings (SSSR count). The number of nitrogens with one attached hydrogen (secondary N) is 1. The van der Waals surface area contributed by atoms with Gasteiger partial charge in [-0.15, -0.1) is 0 Å². The standard InChI is InChI=1S/C17H19N3O4/c21-14(18-13-7-3-6-12(10-13)17(22)23)8-9-15-19-16(20-24-15)11-4-1-2-5-11/h3,6-7,10-11H,1-2,4-5,8-9H2,(H,18,21)(H,22,23). The summed E-state index contributed by atoms with van der Waals surface area (Å²) in [5.41, 5.74) is 0.586. The number of aromatic nitrogens is 2. The van der Waals surface area contributed by atoms with E-state index in [9.17, 15) is 9.59 Å². The molecule has 2 N–H and O–H groups in total. The lowest BCUT2D eigenvalue weighted by molar-refractivity contribution is -0.116. The predicted octanol–water partition coefficient (Wildman–Crippen LogP) is 3.00. The Hall–Kier alpha value is -2.70. The highest BCUT2D eigenvalue weighted by atomic mass is 16.5. The fourth-order valence-electron chi connectivity index (χ4n) is 2.89. The molecule has 1 saturated carbocycles. The van der Waals surface area contributed by atoms with Crippen LogP contribution in [0.3, 0.4) is 0 Å². The molecule has 0 atom stereocenters. The van der Waals surface area contributed by atoms with Gasteiger partial charge in [0.2, 0.25) is 11.8 Å². The topological polar surface area (TPSA) is 105 Å². The van der Waals surface area contributed by atoms with E-state index >= 15 is 0 Å². The fourth-order valence-corrected chi connectivity index (χ4v) is 2.89. The molecule has 2 aromatic rings. The molecule has 1 fully saturated rings. The summed E-state index contributed by atoms with van der Waals surface area (Å²) in [6.07, 6.45) is 5.16. The monoisotopic (exact) mass is 329 g/mol. The lowest BCUT2D eigenvalue weighted by Crippen LogP contribution is -2.13. The zero-order valence-corrected chi connectivity index (χ0v) is 13.2. The molecule has 0 spiro atoms. The molecular formula is C17H19N3O4. The van der Waals surface area contributed by atoms with E-state index in [0.29, 0.717) is 23.9 Å². The lowest BCUT2D eigenvalue weighted by Gasteiger charge is -2.05. The number of rotatable bonds is 6. The summed E-state index contributed by atoms with van der Waals surface area (Å²) in [6.45, 7) is 0. The number of hydrogen-bond donors (Lipinski definition) is 2. The van der Waals surface area contributed by atoms with Crippen molar-refractivity contribution in [1.82, 2.24) is 10.1 Å². The van der Waals surface area contributed by atoms with Crippen LogP contribution in [0.1, 0.15) is 60.1 Å². The van der Waals surface area contributed by atoms with Crippen molar-refractivity contribution in [3.63, 3.8) is 0 Å². The molecule has 1 aliphatic rings. The number of carboxylic acid groups (broad SMARTS) is 1.